The van der Waals surface area contributed by atoms with Crippen molar-refractivity contribution in [2.45, 2.75) is 27.7 Å². The van der Waals surface area contributed by atoms with Crippen LogP contribution in [-0.2, 0) is 0 Å². The number of nitrogens with zero attached hydrogens (tertiary/aromatic N) is 4. The lowest BCUT2D eigenvalue weighted by atomic mass is 9.97. The van der Waals surface area contributed by atoms with E-state index in [0.29, 0.717) is 56.0 Å². The molecule has 40 heavy (non-hydrogen) atoms. The first-order valence-electron chi connectivity index (χ1n) is 13.3. The number of hydrogen-bond acceptors (Lipinski definition) is 6. The fourth-order valence-corrected chi connectivity index (χ4v) is 5.04. The molecule has 0 spiro atoms. The minimum absolute atomic E-state index is 0.0761. The van der Waals surface area contributed by atoms with Crippen LogP contribution in [0.15, 0.2) is 97.1 Å². The minimum Gasteiger partial charge on any atom is -0.293 e. The molecule has 0 bridgehead atoms. The summed E-state index contributed by atoms with van der Waals surface area (Å²) < 4.78 is 0. The number of rotatable bonds is 4. The van der Waals surface area contributed by atoms with E-state index in [9.17, 15) is 9.59 Å². The molecule has 6 heteroatoms. The first kappa shape index (κ1) is 26.8. The normalized spacial score (nSPS) is 14.1. The lowest BCUT2D eigenvalue weighted by Crippen LogP contribution is -2.13. The van der Waals surface area contributed by atoms with E-state index in [-0.39, 0.29) is 23.4 Å². The molecule has 0 N–H and O–H groups in total. The van der Waals surface area contributed by atoms with Crippen molar-refractivity contribution in [2.24, 2.45) is 11.8 Å². The molecule has 2 aliphatic rings. The molecular formula is C34H30N4O2. The molecule has 0 saturated heterocycles. The standard InChI is InChI=1S/C34H30N4O2/c1-21-31(33(39)25-13-5-6-14-25)22(2)36-29-19-11-12-20-30(29)38-24(4)32(34(40)26-15-7-8-16-26)23(3)37-28-18-10-9-17-27(28)35-21/h5-20,25-26H,1-4H3. The van der Waals surface area contributed by atoms with Crippen LogP contribution in [0.3, 0.4) is 0 Å². The lowest BCUT2D eigenvalue weighted by molar-refractivity contribution is 0.0956. The number of benzene rings is 2. The quantitative estimate of drug-likeness (QED) is 0.344. The Morgan fingerprint density at radius 1 is 0.475 bits per heavy atom. The van der Waals surface area contributed by atoms with E-state index >= 15 is 0 Å². The van der Waals surface area contributed by atoms with Crippen LogP contribution in [0.5, 0.6) is 0 Å². The molecule has 2 aliphatic carbocycles. The molecule has 2 aromatic carbocycles. The van der Waals surface area contributed by atoms with Crippen LogP contribution in [0.4, 0.5) is 0 Å². The molecule has 198 valence electrons. The van der Waals surface area contributed by atoms with Crippen molar-refractivity contribution >= 4 is 33.6 Å². The van der Waals surface area contributed by atoms with Gasteiger partial charge in [-0.2, -0.15) is 0 Å². The number of carbonyl (C=O) groups is 2. The van der Waals surface area contributed by atoms with Crippen LogP contribution in [0, 0.1) is 39.5 Å². The van der Waals surface area contributed by atoms with Gasteiger partial charge in [0, 0.05) is 0 Å². The van der Waals surface area contributed by atoms with Crippen molar-refractivity contribution in [1.82, 2.24) is 19.9 Å². The van der Waals surface area contributed by atoms with E-state index in [4.69, 9.17) is 19.9 Å². The first-order chi connectivity index (χ1) is 19.3. The van der Waals surface area contributed by atoms with Crippen LogP contribution in [0.25, 0.3) is 22.1 Å². The summed E-state index contributed by atoms with van der Waals surface area (Å²) in [6.07, 6.45) is 15.0. The zero-order valence-corrected chi connectivity index (χ0v) is 23.0. The van der Waals surface area contributed by atoms with E-state index in [1.807, 2.05) is 125 Å². The first-order valence-corrected chi connectivity index (χ1v) is 13.3. The van der Waals surface area contributed by atoms with Gasteiger partial charge in [-0.25, -0.2) is 0 Å². The molecule has 0 radical (unpaired) electrons. The third-order valence-electron chi connectivity index (χ3n) is 6.96. The van der Waals surface area contributed by atoms with Crippen LogP contribution < -0.4 is 0 Å². The number of fused-ring (bicyclic) bond motifs is 2. The molecular weight excluding hydrogens is 496 g/mol. The zero-order chi connectivity index (χ0) is 28.2. The third-order valence-corrected chi connectivity index (χ3v) is 6.96. The van der Waals surface area contributed by atoms with Crippen LogP contribution in [-0.4, -0.2) is 31.5 Å². The number of Topliss-reactive ketones (excluding diaryl/α,β-unsaturated/α-hetero) is 2. The van der Waals surface area contributed by atoms with Gasteiger partial charge in [-0.05, 0) is 52.0 Å². The molecule has 3 aromatic rings. The van der Waals surface area contributed by atoms with Gasteiger partial charge in [-0.15, -0.1) is 0 Å². The van der Waals surface area contributed by atoms with Gasteiger partial charge in [-0.3, -0.25) is 29.5 Å². The van der Waals surface area contributed by atoms with Gasteiger partial charge < -0.3 is 0 Å². The fraction of sp³-hybridized carbons (Fsp3) is 0.176. The number of aromatic nitrogens is 4. The van der Waals surface area contributed by atoms with Crippen LogP contribution >= 0.6 is 0 Å². The summed E-state index contributed by atoms with van der Waals surface area (Å²) >= 11 is 0. The van der Waals surface area contributed by atoms with Gasteiger partial charge >= 0.3 is 0 Å². The molecule has 0 aliphatic heterocycles. The number of hydrogen-bond donors (Lipinski definition) is 0. The van der Waals surface area contributed by atoms with E-state index in [0.717, 1.165) is 0 Å². The molecule has 0 unspecified atom stereocenters. The van der Waals surface area contributed by atoms with Gasteiger partial charge in [0.05, 0.1) is 67.8 Å². The average Bonchev–Trinajstić information content (AvgIpc) is 3.66. The maximum Gasteiger partial charge on any atom is 0.177 e. The Hall–Kier alpha value is -4.84. The maximum absolute atomic E-state index is 13.7. The summed E-state index contributed by atoms with van der Waals surface area (Å²) in [4.78, 5) is 47.0. The van der Waals surface area contributed by atoms with E-state index in [1.165, 1.54) is 0 Å². The van der Waals surface area contributed by atoms with Gasteiger partial charge in [0.2, 0.25) is 0 Å². The van der Waals surface area contributed by atoms with Crippen molar-refractivity contribution in [1.29, 1.82) is 0 Å². The van der Waals surface area contributed by atoms with Gasteiger partial charge in [-0.1, -0.05) is 72.9 Å². The Labute approximate surface area is 233 Å². The van der Waals surface area contributed by atoms with E-state index < -0.39 is 0 Å². The molecule has 1 aromatic heterocycles. The smallest absolute Gasteiger partial charge is 0.177 e. The molecule has 5 rings (SSSR count). The number of para-hydroxylation sites is 4. The molecule has 0 amide bonds. The molecule has 0 saturated carbocycles. The summed E-state index contributed by atoms with van der Waals surface area (Å²) in [7, 11) is 0. The minimum atomic E-state index is -0.378. The summed E-state index contributed by atoms with van der Waals surface area (Å²) in [5.74, 6) is -0.908. The van der Waals surface area contributed by atoms with E-state index in [1.54, 1.807) is 0 Å². The Bertz CT molecular complexity index is 1550. The topological polar surface area (TPSA) is 85.7 Å². The Morgan fingerprint density at radius 2 is 0.725 bits per heavy atom. The zero-order valence-electron chi connectivity index (χ0n) is 23.0. The maximum atomic E-state index is 13.7. The Balaban J connectivity index is 1.94. The molecule has 6 nitrogen and oxygen atoms in total. The lowest BCUT2D eigenvalue weighted by Gasteiger charge is -2.10. The SMILES string of the molecule is Cc1nc2ccccc2nc(C)c(C(=O)C2C=CC=C2)c(C)nc2ccccc2nc(C)c1C(=O)C1C=CC=C1. The van der Waals surface area contributed by atoms with Crippen molar-refractivity contribution < 1.29 is 9.59 Å². The predicted octanol–water partition coefficient (Wildman–Crippen LogP) is 6.91. The molecule has 1 heterocycles. The number of ketones is 2. The van der Waals surface area contributed by atoms with Crippen molar-refractivity contribution in [3.63, 3.8) is 0 Å². The predicted molar refractivity (Wildman–Crippen MR) is 159 cm³/mol. The summed E-state index contributed by atoms with van der Waals surface area (Å²) in [6, 6.07) is 14.9. The summed E-state index contributed by atoms with van der Waals surface area (Å²) in [5.41, 5.74) is 5.42. The second-order valence-electron chi connectivity index (χ2n) is 9.84. The largest absolute Gasteiger partial charge is 0.293 e. The molecule has 0 atom stereocenters. The van der Waals surface area contributed by atoms with Crippen molar-refractivity contribution in [2.75, 3.05) is 0 Å². The highest BCUT2D eigenvalue weighted by Gasteiger charge is 2.22. The highest BCUT2D eigenvalue weighted by molar-refractivity contribution is 6.03. The highest BCUT2D eigenvalue weighted by atomic mass is 16.1. The molecule has 0 fully saturated rings. The number of carbonyl (C=O) groups excluding carboxylic acids is 2. The third kappa shape index (κ3) is 5.47. The van der Waals surface area contributed by atoms with E-state index in [2.05, 4.69) is 0 Å². The van der Waals surface area contributed by atoms with Crippen molar-refractivity contribution in [3.8, 4) is 0 Å². The summed E-state index contributed by atoms with van der Waals surface area (Å²) in [5, 5.41) is 0. The Morgan fingerprint density at radius 3 is 0.975 bits per heavy atom. The average molecular weight is 527 g/mol. The second-order valence-corrected chi connectivity index (χ2v) is 9.84. The van der Waals surface area contributed by atoms with Crippen LogP contribution in [0.1, 0.15) is 43.5 Å². The Kier molecular flexibility index (Phi) is 7.69. The van der Waals surface area contributed by atoms with Crippen LogP contribution in [0.2, 0.25) is 0 Å². The fourth-order valence-electron chi connectivity index (χ4n) is 5.04. The van der Waals surface area contributed by atoms with Gasteiger partial charge in [0.15, 0.2) is 11.6 Å². The number of aryl methyl sites for hydroxylation is 4. The monoisotopic (exact) mass is 526 g/mol. The number of allylic oxidation sites excluding steroid dienone is 8. The second kappa shape index (κ2) is 11.5. The van der Waals surface area contributed by atoms with Gasteiger partial charge in [0.25, 0.3) is 0 Å². The van der Waals surface area contributed by atoms with Crippen molar-refractivity contribution in [3.05, 3.63) is 131 Å². The highest BCUT2D eigenvalue weighted by Crippen LogP contribution is 2.22. The van der Waals surface area contributed by atoms with Gasteiger partial charge in [0.1, 0.15) is 0 Å². The summed E-state index contributed by atoms with van der Waals surface area (Å²) in [6.45, 7) is 7.29.